The zero-order valence-electron chi connectivity index (χ0n) is 9.81. The minimum Gasteiger partial charge on any atom is -0.329 e. The predicted octanol–water partition coefficient (Wildman–Crippen LogP) is 1.29. The minimum absolute atomic E-state index is 0.783. The summed E-state index contributed by atoms with van der Waals surface area (Å²) in [5.74, 6) is 0.809. The molecule has 0 aliphatic carbocycles. The Morgan fingerprint density at radius 2 is 2.12 bits per heavy atom. The zero-order chi connectivity index (χ0) is 11.2. The van der Waals surface area contributed by atoms with E-state index in [0.29, 0.717) is 0 Å². The first-order chi connectivity index (χ1) is 7.88. The van der Waals surface area contributed by atoms with Gasteiger partial charge in [-0.05, 0) is 50.4 Å². The number of pyridine rings is 1. The van der Waals surface area contributed by atoms with E-state index in [1.165, 1.54) is 31.6 Å². The Morgan fingerprint density at radius 1 is 1.31 bits per heavy atom. The third-order valence-electron chi connectivity index (χ3n) is 3.38. The van der Waals surface area contributed by atoms with Crippen molar-refractivity contribution in [1.82, 2.24) is 9.88 Å². The van der Waals surface area contributed by atoms with E-state index in [1.54, 1.807) is 0 Å². The molecule has 0 aromatic carbocycles. The van der Waals surface area contributed by atoms with Gasteiger partial charge in [-0.15, -0.1) is 0 Å². The van der Waals surface area contributed by atoms with Crippen LogP contribution in [0.2, 0.25) is 0 Å². The maximum Gasteiger partial charge on any atom is 0.0406 e. The van der Waals surface area contributed by atoms with Crippen LogP contribution in [0.3, 0.4) is 0 Å². The van der Waals surface area contributed by atoms with Gasteiger partial charge in [0.1, 0.15) is 0 Å². The lowest BCUT2D eigenvalue weighted by Crippen LogP contribution is -2.37. The molecule has 1 aromatic heterocycles. The van der Waals surface area contributed by atoms with Crippen LogP contribution in [0.15, 0.2) is 24.4 Å². The van der Waals surface area contributed by atoms with Gasteiger partial charge in [-0.1, -0.05) is 6.07 Å². The molecule has 0 radical (unpaired) electrons. The molecule has 1 aliphatic heterocycles. The molecule has 16 heavy (non-hydrogen) atoms. The molecule has 0 bridgehead atoms. The number of nitrogens with two attached hydrogens (primary N) is 1. The van der Waals surface area contributed by atoms with Crippen molar-refractivity contribution in [1.29, 1.82) is 0 Å². The monoisotopic (exact) mass is 219 g/mol. The smallest absolute Gasteiger partial charge is 0.0406 e. The van der Waals surface area contributed by atoms with Gasteiger partial charge in [0.15, 0.2) is 0 Å². The summed E-state index contributed by atoms with van der Waals surface area (Å²) < 4.78 is 0. The number of hydrogen-bond acceptors (Lipinski definition) is 3. The molecule has 88 valence electrons. The number of likely N-dealkylation sites (tertiary alicyclic amines) is 1. The molecular formula is C13H21N3. The minimum atomic E-state index is 0.783. The lowest BCUT2D eigenvalue weighted by Gasteiger charge is -2.31. The fourth-order valence-corrected chi connectivity index (χ4v) is 2.41. The highest BCUT2D eigenvalue weighted by Gasteiger charge is 2.18. The Labute approximate surface area is 97.7 Å². The SMILES string of the molecule is NCCN1CCC(Cc2ccccn2)CC1. The van der Waals surface area contributed by atoms with Gasteiger partial charge in [0.2, 0.25) is 0 Å². The molecule has 1 aromatic rings. The van der Waals surface area contributed by atoms with Gasteiger partial charge in [0.05, 0.1) is 0 Å². The molecule has 2 heterocycles. The molecule has 2 rings (SSSR count). The lowest BCUT2D eigenvalue weighted by atomic mass is 9.92. The standard InChI is InChI=1S/C13H21N3/c14-6-10-16-8-4-12(5-9-16)11-13-3-1-2-7-15-13/h1-3,7,12H,4-6,8-11,14H2. The van der Waals surface area contributed by atoms with Crippen molar-refractivity contribution in [2.24, 2.45) is 11.7 Å². The fourth-order valence-electron chi connectivity index (χ4n) is 2.41. The van der Waals surface area contributed by atoms with Gasteiger partial charge in [-0.25, -0.2) is 0 Å². The summed E-state index contributed by atoms with van der Waals surface area (Å²) in [5, 5.41) is 0. The van der Waals surface area contributed by atoms with Crippen molar-refractivity contribution in [3.05, 3.63) is 30.1 Å². The van der Waals surface area contributed by atoms with Gasteiger partial charge in [0, 0.05) is 25.0 Å². The third-order valence-corrected chi connectivity index (χ3v) is 3.38. The van der Waals surface area contributed by atoms with Crippen molar-refractivity contribution in [2.45, 2.75) is 19.3 Å². The molecule has 0 spiro atoms. The number of hydrogen-bond donors (Lipinski definition) is 1. The Hall–Kier alpha value is -0.930. The van der Waals surface area contributed by atoms with Gasteiger partial charge in [-0.3, -0.25) is 4.98 Å². The summed E-state index contributed by atoms with van der Waals surface area (Å²) in [6.45, 7) is 4.24. The van der Waals surface area contributed by atoms with Crippen LogP contribution in [0.25, 0.3) is 0 Å². The van der Waals surface area contributed by atoms with Crippen LogP contribution >= 0.6 is 0 Å². The summed E-state index contributed by atoms with van der Waals surface area (Å²) >= 11 is 0. The second-order valence-corrected chi connectivity index (χ2v) is 4.60. The summed E-state index contributed by atoms with van der Waals surface area (Å²) in [6, 6.07) is 6.19. The molecule has 0 atom stereocenters. The van der Waals surface area contributed by atoms with Gasteiger partial charge < -0.3 is 10.6 Å². The molecular weight excluding hydrogens is 198 g/mol. The molecule has 3 heteroatoms. The Kier molecular flexibility index (Phi) is 4.31. The van der Waals surface area contributed by atoms with Gasteiger partial charge >= 0.3 is 0 Å². The van der Waals surface area contributed by atoms with Crippen LogP contribution in [0.5, 0.6) is 0 Å². The van der Waals surface area contributed by atoms with Crippen LogP contribution in [0, 0.1) is 5.92 Å². The lowest BCUT2D eigenvalue weighted by molar-refractivity contribution is 0.188. The van der Waals surface area contributed by atoms with Crippen molar-refractivity contribution in [3.63, 3.8) is 0 Å². The summed E-state index contributed by atoms with van der Waals surface area (Å²) in [6.07, 6.45) is 5.60. The number of piperidine rings is 1. The van der Waals surface area contributed by atoms with E-state index < -0.39 is 0 Å². The molecule has 1 aliphatic rings. The number of aromatic nitrogens is 1. The van der Waals surface area contributed by atoms with Crippen LogP contribution in [0.4, 0.5) is 0 Å². The van der Waals surface area contributed by atoms with Gasteiger partial charge in [0.25, 0.3) is 0 Å². The second kappa shape index (κ2) is 5.97. The molecule has 0 saturated carbocycles. The average Bonchev–Trinajstić information content (AvgIpc) is 2.33. The first-order valence-corrected chi connectivity index (χ1v) is 6.21. The maximum absolute atomic E-state index is 5.57. The first-order valence-electron chi connectivity index (χ1n) is 6.21. The van der Waals surface area contributed by atoms with Crippen molar-refractivity contribution in [3.8, 4) is 0 Å². The molecule has 1 fully saturated rings. The maximum atomic E-state index is 5.57. The highest BCUT2D eigenvalue weighted by atomic mass is 15.1. The van der Waals surface area contributed by atoms with Crippen molar-refractivity contribution >= 4 is 0 Å². The van der Waals surface area contributed by atoms with E-state index >= 15 is 0 Å². The number of rotatable bonds is 4. The molecule has 0 unspecified atom stereocenters. The highest BCUT2D eigenvalue weighted by molar-refractivity contribution is 5.04. The Bertz CT molecular complexity index is 291. The number of nitrogens with zero attached hydrogens (tertiary/aromatic N) is 2. The second-order valence-electron chi connectivity index (χ2n) is 4.60. The summed E-state index contributed by atoms with van der Waals surface area (Å²) in [4.78, 5) is 6.86. The van der Waals surface area contributed by atoms with E-state index in [4.69, 9.17) is 5.73 Å². The van der Waals surface area contributed by atoms with Crippen LogP contribution in [-0.2, 0) is 6.42 Å². The molecule has 3 nitrogen and oxygen atoms in total. The zero-order valence-corrected chi connectivity index (χ0v) is 9.81. The van der Waals surface area contributed by atoms with Crippen LogP contribution in [0.1, 0.15) is 18.5 Å². The fraction of sp³-hybridized carbons (Fsp3) is 0.615. The van der Waals surface area contributed by atoms with E-state index in [-0.39, 0.29) is 0 Å². The van der Waals surface area contributed by atoms with Crippen LogP contribution < -0.4 is 5.73 Å². The average molecular weight is 219 g/mol. The highest BCUT2D eigenvalue weighted by Crippen LogP contribution is 2.20. The third kappa shape index (κ3) is 3.29. The molecule has 1 saturated heterocycles. The summed E-state index contributed by atoms with van der Waals surface area (Å²) in [7, 11) is 0. The van der Waals surface area contributed by atoms with Gasteiger partial charge in [-0.2, -0.15) is 0 Å². The molecule has 2 N–H and O–H groups in total. The first kappa shape index (κ1) is 11.6. The molecule has 0 amide bonds. The quantitative estimate of drug-likeness (QED) is 0.830. The van der Waals surface area contributed by atoms with Crippen molar-refractivity contribution in [2.75, 3.05) is 26.2 Å². The Morgan fingerprint density at radius 3 is 2.75 bits per heavy atom. The normalized spacial score (nSPS) is 18.8. The van der Waals surface area contributed by atoms with E-state index in [2.05, 4.69) is 22.0 Å². The van der Waals surface area contributed by atoms with E-state index in [0.717, 1.165) is 25.4 Å². The topological polar surface area (TPSA) is 42.1 Å². The van der Waals surface area contributed by atoms with Crippen LogP contribution in [-0.4, -0.2) is 36.1 Å². The van der Waals surface area contributed by atoms with Crippen molar-refractivity contribution < 1.29 is 0 Å². The Balaban J connectivity index is 1.77. The predicted molar refractivity (Wildman–Crippen MR) is 66.2 cm³/mol. The van der Waals surface area contributed by atoms with E-state index in [9.17, 15) is 0 Å². The van der Waals surface area contributed by atoms with E-state index in [1.807, 2.05) is 12.3 Å². The summed E-state index contributed by atoms with van der Waals surface area (Å²) in [5.41, 5.74) is 6.80. The largest absolute Gasteiger partial charge is 0.329 e.